The minimum atomic E-state index is -3.42. The van der Waals surface area contributed by atoms with Gasteiger partial charge in [0.1, 0.15) is 6.10 Å². The molecule has 0 radical (unpaired) electrons. The van der Waals surface area contributed by atoms with Crippen molar-refractivity contribution in [1.82, 2.24) is 9.55 Å². The molecule has 0 spiro atoms. The molecule has 0 saturated carbocycles. The van der Waals surface area contributed by atoms with E-state index in [1.165, 1.54) is 0 Å². The number of hydrogen-bond donors (Lipinski definition) is 3. The van der Waals surface area contributed by atoms with E-state index in [1.54, 1.807) is 0 Å². The highest BCUT2D eigenvalue weighted by atomic mass is 19.3. The van der Waals surface area contributed by atoms with Crippen LogP contribution < -0.4 is 11.2 Å². The van der Waals surface area contributed by atoms with Crippen molar-refractivity contribution in [3.05, 3.63) is 33.1 Å². The van der Waals surface area contributed by atoms with Crippen LogP contribution in [0.4, 0.5) is 13.2 Å². The molecular weight excluding hydrogens is 285 g/mol. The summed E-state index contributed by atoms with van der Waals surface area (Å²) in [5.74, 6) is 0. The normalized spacial score (nSPS) is 33.8. The van der Waals surface area contributed by atoms with Gasteiger partial charge in [-0.1, -0.05) is 0 Å². The minimum Gasteiger partial charge on any atom is -0.393 e. The second kappa shape index (κ2) is 5.04. The SMILES string of the molecule is O=c1ccn([C@@H]2O[C@@](CO)(C(F)F)[C@H](F)[C@H]2O)c(=O)[nH]1. The first kappa shape index (κ1) is 14.8. The lowest BCUT2D eigenvalue weighted by atomic mass is 9.98. The van der Waals surface area contributed by atoms with Crippen LogP contribution in [0.3, 0.4) is 0 Å². The molecule has 1 fully saturated rings. The molecule has 0 aliphatic carbocycles. The van der Waals surface area contributed by atoms with Crippen molar-refractivity contribution in [3.63, 3.8) is 0 Å². The summed E-state index contributed by atoms with van der Waals surface area (Å²) in [7, 11) is 0. The van der Waals surface area contributed by atoms with Crippen LogP contribution in [0.15, 0.2) is 21.9 Å². The Morgan fingerprint density at radius 1 is 1.50 bits per heavy atom. The van der Waals surface area contributed by atoms with E-state index in [2.05, 4.69) is 0 Å². The fraction of sp³-hybridized carbons (Fsp3) is 0.600. The Bertz CT molecular complexity index is 603. The summed E-state index contributed by atoms with van der Waals surface area (Å²) >= 11 is 0. The Morgan fingerprint density at radius 3 is 2.60 bits per heavy atom. The molecule has 112 valence electrons. The summed E-state index contributed by atoms with van der Waals surface area (Å²) in [6, 6.07) is 0.881. The molecule has 1 saturated heterocycles. The maximum absolute atomic E-state index is 13.8. The van der Waals surface area contributed by atoms with Crippen LogP contribution in [0.5, 0.6) is 0 Å². The second-order valence-electron chi connectivity index (χ2n) is 4.33. The molecule has 2 rings (SSSR count). The zero-order chi connectivity index (χ0) is 15.1. The van der Waals surface area contributed by atoms with Crippen LogP contribution in [0.2, 0.25) is 0 Å². The first-order valence-electron chi connectivity index (χ1n) is 5.54. The number of halogens is 3. The lowest BCUT2D eigenvalue weighted by Crippen LogP contribution is -2.50. The molecule has 10 heteroatoms. The smallest absolute Gasteiger partial charge is 0.330 e. The molecule has 0 bridgehead atoms. The standard InChI is InChI=1S/C10H11F3N2O5/c11-6-5(18)7(20-10(6,3-16)8(12)13)15-2-1-4(17)14-9(15)19/h1-2,5-8,16,18H,3H2,(H,14,17,19)/t5-,6-,7-,10-/m1/s1. The Kier molecular flexibility index (Phi) is 3.71. The van der Waals surface area contributed by atoms with Gasteiger partial charge in [0.25, 0.3) is 12.0 Å². The van der Waals surface area contributed by atoms with Crippen molar-refractivity contribution >= 4 is 0 Å². The van der Waals surface area contributed by atoms with Crippen LogP contribution in [-0.2, 0) is 4.74 Å². The summed E-state index contributed by atoms with van der Waals surface area (Å²) in [6.45, 7) is -1.38. The van der Waals surface area contributed by atoms with Crippen molar-refractivity contribution in [2.45, 2.75) is 30.5 Å². The van der Waals surface area contributed by atoms with Gasteiger partial charge in [-0.15, -0.1) is 0 Å². The number of nitrogens with zero attached hydrogens (tertiary/aromatic N) is 1. The fourth-order valence-electron chi connectivity index (χ4n) is 2.01. The number of aliphatic hydroxyl groups excluding tert-OH is 2. The summed E-state index contributed by atoms with van der Waals surface area (Å²) in [6.07, 6.45) is -9.02. The average molecular weight is 296 g/mol. The van der Waals surface area contributed by atoms with Gasteiger partial charge in [-0.05, 0) is 0 Å². The summed E-state index contributed by atoms with van der Waals surface area (Å²) < 4.78 is 44.9. The first-order valence-corrected chi connectivity index (χ1v) is 5.54. The highest BCUT2D eigenvalue weighted by Crippen LogP contribution is 2.41. The largest absolute Gasteiger partial charge is 0.393 e. The van der Waals surface area contributed by atoms with Crippen LogP contribution in [0.1, 0.15) is 6.23 Å². The van der Waals surface area contributed by atoms with E-state index in [-0.39, 0.29) is 0 Å². The van der Waals surface area contributed by atoms with Crippen molar-refractivity contribution in [1.29, 1.82) is 0 Å². The number of nitrogens with one attached hydrogen (secondary N) is 1. The number of aromatic nitrogens is 2. The lowest BCUT2D eigenvalue weighted by Gasteiger charge is -2.27. The van der Waals surface area contributed by atoms with Crippen molar-refractivity contribution in [2.75, 3.05) is 6.61 Å². The molecule has 1 aromatic heterocycles. The first-order chi connectivity index (χ1) is 9.33. The van der Waals surface area contributed by atoms with Gasteiger partial charge in [0.2, 0.25) is 0 Å². The average Bonchev–Trinajstić information content (AvgIpc) is 2.64. The number of hydrogen-bond acceptors (Lipinski definition) is 5. The predicted octanol–water partition coefficient (Wildman–Crippen LogP) is -1.24. The number of H-pyrrole nitrogens is 1. The van der Waals surface area contributed by atoms with Crippen molar-refractivity contribution < 1.29 is 28.1 Å². The third-order valence-corrected chi connectivity index (χ3v) is 3.14. The van der Waals surface area contributed by atoms with Crippen molar-refractivity contribution in [2.24, 2.45) is 0 Å². The molecule has 4 atom stereocenters. The van der Waals surface area contributed by atoms with Gasteiger partial charge >= 0.3 is 5.69 Å². The Hall–Kier alpha value is -1.65. The van der Waals surface area contributed by atoms with E-state index < -0.39 is 48.4 Å². The molecule has 1 aromatic rings. The maximum Gasteiger partial charge on any atom is 0.330 e. The van der Waals surface area contributed by atoms with Gasteiger partial charge in [0.05, 0.1) is 6.61 Å². The van der Waals surface area contributed by atoms with Crippen LogP contribution in [0, 0.1) is 0 Å². The van der Waals surface area contributed by atoms with Gasteiger partial charge in [0.15, 0.2) is 18.0 Å². The van der Waals surface area contributed by atoms with E-state index in [9.17, 15) is 27.9 Å². The molecule has 0 aromatic carbocycles. The zero-order valence-corrected chi connectivity index (χ0v) is 9.87. The van der Waals surface area contributed by atoms with E-state index in [0.717, 1.165) is 12.3 Å². The Balaban J connectivity index is 2.45. The number of ether oxygens (including phenoxy) is 1. The monoisotopic (exact) mass is 296 g/mol. The van der Waals surface area contributed by atoms with Gasteiger partial charge in [-0.2, -0.15) is 0 Å². The Labute approximate surface area is 109 Å². The molecule has 2 heterocycles. The third kappa shape index (κ3) is 2.05. The van der Waals surface area contributed by atoms with Gasteiger partial charge in [-0.25, -0.2) is 18.0 Å². The highest BCUT2D eigenvalue weighted by Gasteiger charge is 2.61. The number of rotatable bonds is 3. The highest BCUT2D eigenvalue weighted by molar-refractivity contribution is 5.03. The van der Waals surface area contributed by atoms with Crippen LogP contribution in [-0.4, -0.2) is 50.7 Å². The third-order valence-electron chi connectivity index (χ3n) is 3.14. The predicted molar refractivity (Wildman–Crippen MR) is 58.2 cm³/mol. The van der Waals surface area contributed by atoms with Crippen LogP contribution >= 0.6 is 0 Å². The maximum atomic E-state index is 13.8. The molecule has 20 heavy (non-hydrogen) atoms. The number of aliphatic hydroxyl groups is 2. The zero-order valence-electron chi connectivity index (χ0n) is 9.87. The number of alkyl halides is 3. The van der Waals surface area contributed by atoms with E-state index in [4.69, 9.17) is 9.84 Å². The Morgan fingerprint density at radius 2 is 2.15 bits per heavy atom. The van der Waals surface area contributed by atoms with Gasteiger partial charge < -0.3 is 14.9 Å². The molecule has 0 amide bonds. The molecule has 1 aliphatic heterocycles. The topological polar surface area (TPSA) is 105 Å². The van der Waals surface area contributed by atoms with E-state index >= 15 is 0 Å². The molecule has 0 unspecified atom stereocenters. The van der Waals surface area contributed by atoms with Crippen LogP contribution in [0.25, 0.3) is 0 Å². The summed E-state index contributed by atoms with van der Waals surface area (Å²) in [5, 5.41) is 18.6. The molecule has 7 nitrogen and oxygen atoms in total. The number of aromatic amines is 1. The summed E-state index contributed by atoms with van der Waals surface area (Å²) in [4.78, 5) is 24.2. The minimum absolute atomic E-state index is 0.568. The molecule has 3 N–H and O–H groups in total. The van der Waals surface area contributed by atoms with Gasteiger partial charge in [0, 0.05) is 12.3 Å². The lowest BCUT2D eigenvalue weighted by molar-refractivity contribution is -0.186. The fourth-order valence-corrected chi connectivity index (χ4v) is 2.01. The van der Waals surface area contributed by atoms with Gasteiger partial charge in [-0.3, -0.25) is 14.3 Å². The quantitative estimate of drug-likeness (QED) is 0.647. The van der Waals surface area contributed by atoms with E-state index in [0.29, 0.717) is 4.57 Å². The summed E-state index contributed by atoms with van der Waals surface area (Å²) in [5.41, 5.74) is -4.73. The van der Waals surface area contributed by atoms with E-state index in [1.807, 2.05) is 4.98 Å². The second-order valence-corrected chi connectivity index (χ2v) is 4.33. The van der Waals surface area contributed by atoms with Crippen molar-refractivity contribution in [3.8, 4) is 0 Å². The molecular formula is C10H11F3N2O5. The molecule has 1 aliphatic rings.